The van der Waals surface area contributed by atoms with Gasteiger partial charge in [-0.3, -0.25) is 0 Å². The molecule has 0 saturated heterocycles. The van der Waals surface area contributed by atoms with Gasteiger partial charge in [-0.15, -0.1) is 0 Å². The van der Waals surface area contributed by atoms with Crippen LogP contribution >= 0.6 is 0 Å². The molecule has 0 spiro atoms. The molecule has 2 unspecified atom stereocenters. The first-order chi connectivity index (χ1) is 7.07. The second-order valence-electron chi connectivity index (χ2n) is 4.93. The van der Waals surface area contributed by atoms with E-state index in [-0.39, 0.29) is 11.5 Å². The van der Waals surface area contributed by atoms with Crippen molar-refractivity contribution in [1.82, 2.24) is 10.1 Å². The zero-order chi connectivity index (χ0) is 11.1. The number of nitrogens with two attached hydrogens (primary N) is 1. The van der Waals surface area contributed by atoms with Gasteiger partial charge in [0.15, 0.2) is 5.82 Å². The van der Waals surface area contributed by atoms with Crippen molar-refractivity contribution < 1.29 is 4.52 Å². The molecule has 4 nitrogen and oxygen atoms in total. The molecule has 0 amide bonds. The topological polar surface area (TPSA) is 64.9 Å². The van der Waals surface area contributed by atoms with Gasteiger partial charge in [-0.1, -0.05) is 32.3 Å². The normalized spacial score (nSPS) is 22.4. The van der Waals surface area contributed by atoms with Crippen molar-refractivity contribution >= 4 is 0 Å². The largest absolute Gasteiger partial charge is 0.338 e. The quantitative estimate of drug-likeness (QED) is 0.825. The third kappa shape index (κ3) is 1.91. The van der Waals surface area contributed by atoms with E-state index in [9.17, 15) is 0 Å². The summed E-state index contributed by atoms with van der Waals surface area (Å²) in [5.41, 5.74) is 6.19. The smallest absolute Gasteiger partial charge is 0.243 e. The molecule has 1 aromatic heterocycles. The Hall–Kier alpha value is -0.900. The summed E-state index contributed by atoms with van der Waals surface area (Å²) in [6, 6.07) is -0.126. The van der Waals surface area contributed by atoms with E-state index in [1.165, 1.54) is 0 Å². The molecule has 0 aromatic carbocycles. The Balaban J connectivity index is 2.13. The van der Waals surface area contributed by atoms with Crippen molar-refractivity contribution in [2.75, 3.05) is 0 Å². The van der Waals surface area contributed by atoms with Crippen LogP contribution in [0.1, 0.15) is 57.8 Å². The van der Waals surface area contributed by atoms with E-state index in [0.717, 1.165) is 25.1 Å². The van der Waals surface area contributed by atoms with Gasteiger partial charge in [0.2, 0.25) is 5.89 Å². The summed E-state index contributed by atoms with van der Waals surface area (Å²) >= 11 is 0. The second-order valence-corrected chi connectivity index (χ2v) is 4.93. The average Bonchev–Trinajstić information content (AvgIpc) is 2.83. The lowest BCUT2D eigenvalue weighted by atomic mass is 10.0. The highest BCUT2D eigenvalue weighted by Crippen LogP contribution is 2.46. The van der Waals surface area contributed by atoms with Gasteiger partial charge in [-0.2, -0.15) is 4.98 Å². The van der Waals surface area contributed by atoms with Crippen molar-refractivity contribution in [2.24, 2.45) is 11.7 Å². The summed E-state index contributed by atoms with van der Waals surface area (Å²) in [5, 5.41) is 4.02. The Morgan fingerprint density at radius 3 is 2.73 bits per heavy atom. The van der Waals surface area contributed by atoms with E-state index in [1.807, 2.05) is 0 Å². The first-order valence-electron chi connectivity index (χ1n) is 5.66. The zero-order valence-corrected chi connectivity index (χ0v) is 9.66. The highest BCUT2D eigenvalue weighted by molar-refractivity contribution is 5.14. The Kier molecular flexibility index (Phi) is 2.54. The molecule has 2 atom stereocenters. The van der Waals surface area contributed by atoms with Gasteiger partial charge < -0.3 is 10.3 Å². The van der Waals surface area contributed by atoms with Crippen molar-refractivity contribution in [1.29, 1.82) is 0 Å². The Bertz CT molecular complexity index is 343. The molecule has 0 aliphatic heterocycles. The lowest BCUT2D eigenvalue weighted by molar-refractivity contribution is 0.309. The third-order valence-electron chi connectivity index (χ3n) is 3.52. The standard InChI is InChI=1S/C11H19N3O/c1-4-7(2)8(12)9-13-10(14-15-9)11(3)5-6-11/h7-8H,4-6,12H2,1-3H3. The van der Waals surface area contributed by atoms with Gasteiger partial charge in [0.1, 0.15) is 0 Å². The Morgan fingerprint density at radius 2 is 2.20 bits per heavy atom. The lowest BCUT2D eigenvalue weighted by Crippen LogP contribution is -2.19. The molecule has 1 aliphatic carbocycles. The van der Waals surface area contributed by atoms with Crippen LogP contribution in [0.3, 0.4) is 0 Å². The van der Waals surface area contributed by atoms with Gasteiger partial charge in [-0.05, 0) is 18.8 Å². The minimum absolute atomic E-state index is 0.126. The highest BCUT2D eigenvalue weighted by atomic mass is 16.5. The molecule has 1 saturated carbocycles. The number of aromatic nitrogens is 2. The number of nitrogens with zero attached hydrogens (tertiary/aromatic N) is 2. The maximum Gasteiger partial charge on any atom is 0.243 e. The molecule has 1 aliphatic rings. The van der Waals surface area contributed by atoms with E-state index in [1.54, 1.807) is 0 Å². The van der Waals surface area contributed by atoms with E-state index >= 15 is 0 Å². The first kappa shape index (κ1) is 10.6. The predicted molar refractivity (Wildman–Crippen MR) is 57.3 cm³/mol. The van der Waals surface area contributed by atoms with Crippen LogP contribution < -0.4 is 5.73 Å². The number of hydrogen-bond acceptors (Lipinski definition) is 4. The highest BCUT2D eigenvalue weighted by Gasteiger charge is 2.43. The Labute approximate surface area is 90.2 Å². The fourth-order valence-corrected chi connectivity index (χ4v) is 1.52. The number of hydrogen-bond donors (Lipinski definition) is 1. The molecular formula is C11H19N3O. The molecule has 2 rings (SSSR count). The van der Waals surface area contributed by atoms with Crippen molar-refractivity contribution in [2.45, 2.75) is 51.5 Å². The molecule has 0 bridgehead atoms. The van der Waals surface area contributed by atoms with Crippen LogP contribution in [0.4, 0.5) is 0 Å². The van der Waals surface area contributed by atoms with Gasteiger partial charge >= 0.3 is 0 Å². The van der Waals surface area contributed by atoms with Crippen LogP contribution in [0.2, 0.25) is 0 Å². The van der Waals surface area contributed by atoms with Crippen molar-refractivity contribution in [3.05, 3.63) is 11.7 Å². The van der Waals surface area contributed by atoms with Crippen LogP contribution in [0.15, 0.2) is 4.52 Å². The van der Waals surface area contributed by atoms with Gasteiger partial charge in [0, 0.05) is 5.41 Å². The van der Waals surface area contributed by atoms with Crippen LogP contribution in [-0.4, -0.2) is 10.1 Å². The molecule has 1 fully saturated rings. The predicted octanol–water partition coefficient (Wildman–Crippen LogP) is 2.17. The zero-order valence-electron chi connectivity index (χ0n) is 9.66. The molecule has 4 heteroatoms. The van der Waals surface area contributed by atoms with Crippen molar-refractivity contribution in [3.63, 3.8) is 0 Å². The van der Waals surface area contributed by atoms with E-state index in [2.05, 4.69) is 30.9 Å². The molecule has 1 heterocycles. The summed E-state index contributed by atoms with van der Waals surface area (Å²) < 4.78 is 5.23. The van der Waals surface area contributed by atoms with Gasteiger partial charge in [0.05, 0.1) is 6.04 Å². The molecular weight excluding hydrogens is 190 g/mol. The maximum absolute atomic E-state index is 6.03. The van der Waals surface area contributed by atoms with Crippen LogP contribution in [0.5, 0.6) is 0 Å². The second kappa shape index (κ2) is 3.59. The fourth-order valence-electron chi connectivity index (χ4n) is 1.52. The molecule has 2 N–H and O–H groups in total. The van der Waals surface area contributed by atoms with Gasteiger partial charge in [-0.25, -0.2) is 0 Å². The van der Waals surface area contributed by atoms with E-state index in [0.29, 0.717) is 11.8 Å². The summed E-state index contributed by atoms with van der Waals surface area (Å²) in [6.45, 7) is 6.38. The van der Waals surface area contributed by atoms with Crippen molar-refractivity contribution in [3.8, 4) is 0 Å². The third-order valence-corrected chi connectivity index (χ3v) is 3.52. The first-order valence-corrected chi connectivity index (χ1v) is 5.66. The summed E-state index contributed by atoms with van der Waals surface area (Å²) in [5.74, 6) is 1.80. The Morgan fingerprint density at radius 1 is 1.53 bits per heavy atom. The monoisotopic (exact) mass is 209 g/mol. The summed E-state index contributed by atoms with van der Waals surface area (Å²) in [4.78, 5) is 4.41. The van der Waals surface area contributed by atoms with Gasteiger partial charge in [0.25, 0.3) is 0 Å². The fraction of sp³-hybridized carbons (Fsp3) is 0.818. The molecule has 0 radical (unpaired) electrons. The summed E-state index contributed by atoms with van der Waals surface area (Å²) in [6.07, 6.45) is 3.34. The SMILES string of the molecule is CCC(C)C(N)c1nc(C2(C)CC2)no1. The maximum atomic E-state index is 6.03. The summed E-state index contributed by atoms with van der Waals surface area (Å²) in [7, 11) is 0. The minimum Gasteiger partial charge on any atom is -0.338 e. The lowest BCUT2D eigenvalue weighted by Gasteiger charge is -2.13. The molecule has 15 heavy (non-hydrogen) atoms. The molecule has 84 valence electrons. The number of rotatable bonds is 4. The minimum atomic E-state index is -0.126. The molecule has 1 aromatic rings. The van der Waals surface area contributed by atoms with Crippen LogP contribution in [0.25, 0.3) is 0 Å². The van der Waals surface area contributed by atoms with E-state index in [4.69, 9.17) is 10.3 Å². The van der Waals surface area contributed by atoms with Crippen LogP contribution in [0, 0.1) is 5.92 Å². The van der Waals surface area contributed by atoms with E-state index < -0.39 is 0 Å². The van der Waals surface area contributed by atoms with Crippen LogP contribution in [-0.2, 0) is 5.41 Å². The average molecular weight is 209 g/mol.